The Labute approximate surface area is 175 Å². The van der Waals surface area contributed by atoms with Crippen LogP contribution in [-0.2, 0) is 0 Å². The zero-order chi connectivity index (χ0) is 20.5. The van der Waals surface area contributed by atoms with Crippen LogP contribution in [0, 0.1) is 0 Å². The van der Waals surface area contributed by atoms with Crippen LogP contribution in [0.15, 0.2) is 72.1 Å². The van der Waals surface area contributed by atoms with Crippen molar-refractivity contribution < 1.29 is 14.2 Å². The van der Waals surface area contributed by atoms with E-state index in [0.29, 0.717) is 6.61 Å². The lowest BCUT2D eigenvalue weighted by atomic mass is 9.95. The van der Waals surface area contributed by atoms with Gasteiger partial charge >= 0.3 is 0 Å². The highest BCUT2D eigenvalue weighted by atomic mass is 16.5. The van der Waals surface area contributed by atoms with Crippen molar-refractivity contribution in [2.24, 2.45) is 5.10 Å². The van der Waals surface area contributed by atoms with E-state index in [1.165, 1.54) is 0 Å². The van der Waals surface area contributed by atoms with Crippen LogP contribution in [0.5, 0.6) is 17.2 Å². The van der Waals surface area contributed by atoms with Gasteiger partial charge in [0.1, 0.15) is 5.75 Å². The molecule has 0 aliphatic carbocycles. The average Bonchev–Trinajstić information content (AvgIpc) is 3.25. The standard InChI is InChI=1S/C24H23N3O3/c1-3-29-22-8-4-7-19-21-14-20(16-9-11-18(28-2)12-10-16)26-27(21)24(30-23(19)22)17-6-5-13-25-15-17/h4-13,15,21,24H,3,14H2,1-2H3/t21-,24+/m1/s1. The average molecular weight is 401 g/mol. The van der Waals surface area contributed by atoms with E-state index in [2.05, 4.69) is 16.1 Å². The third-order valence-electron chi connectivity index (χ3n) is 5.47. The number of benzene rings is 2. The lowest BCUT2D eigenvalue weighted by Crippen LogP contribution is -2.34. The molecular formula is C24H23N3O3. The molecule has 3 aromatic rings. The fraction of sp³-hybridized carbons (Fsp3) is 0.250. The van der Waals surface area contributed by atoms with E-state index in [1.54, 1.807) is 13.3 Å². The van der Waals surface area contributed by atoms with Crippen LogP contribution in [0.1, 0.15) is 42.3 Å². The number of para-hydroxylation sites is 1. The number of hydrazone groups is 1. The smallest absolute Gasteiger partial charge is 0.215 e. The molecule has 0 unspecified atom stereocenters. The zero-order valence-corrected chi connectivity index (χ0v) is 17.0. The molecule has 0 saturated heterocycles. The van der Waals surface area contributed by atoms with Gasteiger partial charge in [-0.1, -0.05) is 18.2 Å². The molecule has 1 aromatic heterocycles. The van der Waals surface area contributed by atoms with Gasteiger partial charge in [0.15, 0.2) is 11.5 Å². The van der Waals surface area contributed by atoms with Gasteiger partial charge in [0.25, 0.3) is 0 Å². The van der Waals surface area contributed by atoms with Gasteiger partial charge in [-0.25, -0.2) is 5.01 Å². The lowest BCUT2D eigenvalue weighted by Gasteiger charge is -2.38. The second-order valence-corrected chi connectivity index (χ2v) is 7.24. The molecule has 0 spiro atoms. The lowest BCUT2D eigenvalue weighted by molar-refractivity contribution is -0.0214. The molecule has 5 rings (SSSR count). The predicted octanol–water partition coefficient (Wildman–Crippen LogP) is 4.73. The monoisotopic (exact) mass is 401 g/mol. The van der Waals surface area contributed by atoms with E-state index < -0.39 is 0 Å². The molecule has 2 aliphatic rings. The molecule has 6 heteroatoms. The summed E-state index contributed by atoms with van der Waals surface area (Å²) in [6.45, 7) is 2.56. The van der Waals surface area contributed by atoms with Crippen molar-refractivity contribution in [2.45, 2.75) is 25.6 Å². The third-order valence-corrected chi connectivity index (χ3v) is 5.47. The van der Waals surface area contributed by atoms with Gasteiger partial charge in [-0.3, -0.25) is 4.98 Å². The van der Waals surface area contributed by atoms with E-state index >= 15 is 0 Å². The van der Waals surface area contributed by atoms with Gasteiger partial charge in [0.05, 0.1) is 25.5 Å². The van der Waals surface area contributed by atoms with Crippen molar-refractivity contribution in [3.8, 4) is 17.2 Å². The molecule has 30 heavy (non-hydrogen) atoms. The largest absolute Gasteiger partial charge is 0.497 e. The summed E-state index contributed by atoms with van der Waals surface area (Å²) in [7, 11) is 1.67. The van der Waals surface area contributed by atoms with Crippen LogP contribution in [0.3, 0.4) is 0 Å². The van der Waals surface area contributed by atoms with E-state index in [9.17, 15) is 0 Å². The minimum absolute atomic E-state index is 0.0662. The summed E-state index contributed by atoms with van der Waals surface area (Å²) < 4.78 is 17.6. The number of fused-ring (bicyclic) bond motifs is 3. The summed E-state index contributed by atoms with van der Waals surface area (Å²) in [4.78, 5) is 4.28. The molecule has 3 heterocycles. The SMILES string of the molecule is CCOc1cccc2c1O[C@@H](c1cccnc1)N1N=C(c3ccc(OC)cc3)C[C@H]21. The first-order chi connectivity index (χ1) is 14.8. The maximum atomic E-state index is 6.47. The summed E-state index contributed by atoms with van der Waals surface area (Å²) in [5, 5.41) is 7.03. The highest BCUT2D eigenvalue weighted by molar-refractivity contribution is 6.02. The molecule has 0 saturated carbocycles. The van der Waals surface area contributed by atoms with E-state index in [-0.39, 0.29) is 12.3 Å². The minimum Gasteiger partial charge on any atom is -0.497 e. The normalized spacial score (nSPS) is 19.4. The Morgan fingerprint density at radius 2 is 1.97 bits per heavy atom. The summed E-state index contributed by atoms with van der Waals surface area (Å²) in [5.74, 6) is 2.39. The van der Waals surface area contributed by atoms with Gasteiger partial charge < -0.3 is 14.2 Å². The number of aromatic nitrogens is 1. The third kappa shape index (κ3) is 3.14. The van der Waals surface area contributed by atoms with Crippen molar-refractivity contribution in [3.63, 3.8) is 0 Å². The van der Waals surface area contributed by atoms with Crippen LogP contribution in [0.2, 0.25) is 0 Å². The molecule has 0 radical (unpaired) electrons. The van der Waals surface area contributed by atoms with Crippen LogP contribution in [-0.4, -0.2) is 29.4 Å². The van der Waals surface area contributed by atoms with Crippen molar-refractivity contribution >= 4 is 5.71 Å². The summed E-state index contributed by atoms with van der Waals surface area (Å²) in [6.07, 6.45) is 4.01. The van der Waals surface area contributed by atoms with Gasteiger partial charge in [-0.15, -0.1) is 0 Å². The van der Waals surface area contributed by atoms with Gasteiger partial charge in [0, 0.05) is 29.9 Å². The van der Waals surface area contributed by atoms with Crippen LogP contribution in [0.4, 0.5) is 0 Å². The zero-order valence-electron chi connectivity index (χ0n) is 17.0. The number of nitrogens with zero attached hydrogens (tertiary/aromatic N) is 3. The van der Waals surface area contributed by atoms with Gasteiger partial charge in [-0.2, -0.15) is 5.10 Å². The molecule has 2 aliphatic heterocycles. The molecular weight excluding hydrogens is 378 g/mol. The number of rotatable bonds is 5. The van der Waals surface area contributed by atoms with E-state index in [4.69, 9.17) is 19.3 Å². The molecule has 0 bridgehead atoms. The van der Waals surface area contributed by atoms with Gasteiger partial charge in [-0.05, 0) is 48.9 Å². The van der Waals surface area contributed by atoms with Crippen LogP contribution >= 0.6 is 0 Å². The molecule has 0 amide bonds. The Bertz CT molecular complexity index is 1070. The molecule has 0 N–H and O–H groups in total. The maximum absolute atomic E-state index is 6.47. The van der Waals surface area contributed by atoms with Crippen molar-refractivity contribution in [1.29, 1.82) is 0 Å². The van der Waals surface area contributed by atoms with E-state index in [1.807, 2.05) is 61.7 Å². The number of methoxy groups -OCH3 is 1. The Morgan fingerprint density at radius 3 is 2.70 bits per heavy atom. The maximum Gasteiger partial charge on any atom is 0.215 e. The number of pyridine rings is 1. The van der Waals surface area contributed by atoms with E-state index in [0.717, 1.165) is 46.1 Å². The highest BCUT2D eigenvalue weighted by Gasteiger charge is 2.42. The molecule has 0 fully saturated rings. The Morgan fingerprint density at radius 1 is 1.10 bits per heavy atom. The Balaban J connectivity index is 1.58. The predicted molar refractivity (Wildman–Crippen MR) is 114 cm³/mol. The second kappa shape index (κ2) is 7.71. The fourth-order valence-electron chi connectivity index (χ4n) is 4.05. The van der Waals surface area contributed by atoms with Crippen LogP contribution < -0.4 is 14.2 Å². The number of ether oxygens (including phenoxy) is 3. The van der Waals surface area contributed by atoms with Crippen molar-refractivity contribution in [1.82, 2.24) is 9.99 Å². The summed E-state index contributed by atoms with van der Waals surface area (Å²) in [6, 6.07) is 18.1. The van der Waals surface area contributed by atoms with Crippen molar-refractivity contribution in [3.05, 3.63) is 83.7 Å². The Hall–Kier alpha value is -3.54. The first-order valence-corrected chi connectivity index (χ1v) is 10.1. The first-order valence-electron chi connectivity index (χ1n) is 10.1. The first kappa shape index (κ1) is 18.5. The molecule has 152 valence electrons. The molecule has 2 atom stereocenters. The summed E-state index contributed by atoms with van der Waals surface area (Å²) in [5.41, 5.74) is 4.15. The minimum atomic E-state index is -0.367. The number of hydrogen-bond acceptors (Lipinski definition) is 6. The number of hydrogen-bond donors (Lipinski definition) is 0. The van der Waals surface area contributed by atoms with Crippen molar-refractivity contribution in [2.75, 3.05) is 13.7 Å². The Kier molecular flexibility index (Phi) is 4.75. The van der Waals surface area contributed by atoms with Gasteiger partial charge in [0.2, 0.25) is 6.23 Å². The highest BCUT2D eigenvalue weighted by Crippen LogP contribution is 2.50. The molecule has 6 nitrogen and oxygen atoms in total. The second-order valence-electron chi connectivity index (χ2n) is 7.24. The topological polar surface area (TPSA) is 56.2 Å². The van der Waals surface area contributed by atoms with Crippen LogP contribution in [0.25, 0.3) is 0 Å². The fourth-order valence-corrected chi connectivity index (χ4v) is 4.05. The quantitative estimate of drug-likeness (QED) is 0.619. The molecule has 2 aromatic carbocycles. The summed E-state index contributed by atoms with van der Waals surface area (Å²) >= 11 is 0.